The standard InChI is InChI=1S/C8H13NO2/c1-3-8(11)9(2)6-4-5-7-10/h3,7H,1,4-6H2,2H3. The lowest BCUT2D eigenvalue weighted by molar-refractivity contribution is -0.125. The first-order chi connectivity index (χ1) is 5.22. The van der Waals surface area contributed by atoms with Crippen LogP contribution in [-0.2, 0) is 9.59 Å². The SMILES string of the molecule is C=CC(=O)N(C)CCCC=O. The maximum atomic E-state index is 10.8. The van der Waals surface area contributed by atoms with Crippen molar-refractivity contribution in [1.82, 2.24) is 4.90 Å². The molecule has 3 heteroatoms. The van der Waals surface area contributed by atoms with E-state index < -0.39 is 0 Å². The number of hydrogen-bond donors (Lipinski definition) is 0. The van der Waals surface area contributed by atoms with Gasteiger partial charge < -0.3 is 9.69 Å². The minimum atomic E-state index is -0.101. The number of aldehydes is 1. The number of carbonyl (C=O) groups excluding carboxylic acids is 2. The first-order valence-corrected chi connectivity index (χ1v) is 3.53. The lowest BCUT2D eigenvalue weighted by Gasteiger charge is -2.13. The molecule has 0 aromatic carbocycles. The van der Waals surface area contributed by atoms with E-state index in [1.807, 2.05) is 0 Å². The zero-order chi connectivity index (χ0) is 8.69. The zero-order valence-electron chi connectivity index (χ0n) is 6.75. The van der Waals surface area contributed by atoms with Crippen LogP contribution in [0.3, 0.4) is 0 Å². The van der Waals surface area contributed by atoms with Crippen LogP contribution in [0.2, 0.25) is 0 Å². The summed E-state index contributed by atoms with van der Waals surface area (Å²) in [5.74, 6) is -0.101. The van der Waals surface area contributed by atoms with E-state index in [1.54, 1.807) is 7.05 Å². The molecule has 0 radical (unpaired) electrons. The molecule has 0 aliphatic rings. The van der Waals surface area contributed by atoms with Gasteiger partial charge in [0.2, 0.25) is 5.91 Å². The molecule has 0 N–H and O–H groups in total. The van der Waals surface area contributed by atoms with Crippen molar-refractivity contribution in [3.8, 4) is 0 Å². The van der Waals surface area contributed by atoms with Crippen LogP contribution in [-0.4, -0.2) is 30.7 Å². The molecule has 1 amide bonds. The van der Waals surface area contributed by atoms with Gasteiger partial charge in [0.1, 0.15) is 6.29 Å². The van der Waals surface area contributed by atoms with Crippen molar-refractivity contribution in [2.45, 2.75) is 12.8 Å². The molecular weight excluding hydrogens is 142 g/mol. The fourth-order valence-electron chi connectivity index (χ4n) is 0.678. The molecule has 62 valence electrons. The van der Waals surface area contributed by atoms with Gasteiger partial charge in [0.25, 0.3) is 0 Å². The van der Waals surface area contributed by atoms with Crippen LogP contribution in [0.15, 0.2) is 12.7 Å². The average Bonchev–Trinajstić information content (AvgIpc) is 2.03. The third-order valence-corrected chi connectivity index (χ3v) is 1.37. The van der Waals surface area contributed by atoms with Crippen molar-refractivity contribution < 1.29 is 9.59 Å². The van der Waals surface area contributed by atoms with Gasteiger partial charge in [-0.25, -0.2) is 0 Å². The third kappa shape index (κ3) is 4.31. The van der Waals surface area contributed by atoms with Crippen LogP contribution in [0.25, 0.3) is 0 Å². The molecule has 0 saturated carbocycles. The minimum absolute atomic E-state index is 0.101. The lowest BCUT2D eigenvalue weighted by Crippen LogP contribution is -2.25. The summed E-state index contributed by atoms with van der Waals surface area (Å²) in [6.45, 7) is 3.96. The van der Waals surface area contributed by atoms with E-state index in [9.17, 15) is 9.59 Å². The first kappa shape index (κ1) is 9.88. The molecule has 0 bridgehead atoms. The number of hydrogen-bond acceptors (Lipinski definition) is 2. The molecule has 0 spiro atoms. The molecule has 11 heavy (non-hydrogen) atoms. The highest BCUT2D eigenvalue weighted by molar-refractivity contribution is 5.86. The molecule has 0 unspecified atom stereocenters. The number of nitrogens with zero attached hydrogens (tertiary/aromatic N) is 1. The number of unbranched alkanes of at least 4 members (excludes halogenated alkanes) is 1. The summed E-state index contributed by atoms with van der Waals surface area (Å²) in [5, 5.41) is 0. The van der Waals surface area contributed by atoms with Crippen LogP contribution in [0, 0.1) is 0 Å². The molecule has 0 atom stereocenters. The Bertz CT molecular complexity index is 154. The van der Waals surface area contributed by atoms with Crippen LogP contribution in [0.5, 0.6) is 0 Å². The van der Waals surface area contributed by atoms with Gasteiger partial charge in [0.15, 0.2) is 0 Å². The van der Waals surface area contributed by atoms with Gasteiger partial charge in [-0.05, 0) is 12.5 Å². The third-order valence-electron chi connectivity index (χ3n) is 1.37. The number of rotatable bonds is 5. The van der Waals surface area contributed by atoms with Crippen molar-refractivity contribution >= 4 is 12.2 Å². The summed E-state index contributed by atoms with van der Waals surface area (Å²) in [6.07, 6.45) is 3.35. The largest absolute Gasteiger partial charge is 0.342 e. The van der Waals surface area contributed by atoms with E-state index in [0.29, 0.717) is 13.0 Å². The van der Waals surface area contributed by atoms with E-state index >= 15 is 0 Å². The molecule has 3 nitrogen and oxygen atoms in total. The van der Waals surface area contributed by atoms with Crippen molar-refractivity contribution in [2.75, 3.05) is 13.6 Å². The van der Waals surface area contributed by atoms with E-state index in [2.05, 4.69) is 6.58 Å². The van der Waals surface area contributed by atoms with Crippen LogP contribution in [0.1, 0.15) is 12.8 Å². The fourth-order valence-corrected chi connectivity index (χ4v) is 0.678. The molecular formula is C8H13NO2. The van der Waals surface area contributed by atoms with E-state index in [1.165, 1.54) is 11.0 Å². The molecule has 0 fully saturated rings. The van der Waals surface area contributed by atoms with Crippen molar-refractivity contribution in [3.63, 3.8) is 0 Å². The smallest absolute Gasteiger partial charge is 0.245 e. The molecule has 0 aliphatic carbocycles. The van der Waals surface area contributed by atoms with Gasteiger partial charge in [-0.3, -0.25) is 4.79 Å². The Morgan fingerprint density at radius 1 is 1.64 bits per heavy atom. The summed E-state index contributed by atoms with van der Waals surface area (Å²) in [5.41, 5.74) is 0. The molecule has 0 saturated heterocycles. The normalized spacial score (nSPS) is 8.82. The highest BCUT2D eigenvalue weighted by Crippen LogP contribution is 1.91. The second-order valence-corrected chi connectivity index (χ2v) is 2.27. The van der Waals surface area contributed by atoms with Crippen LogP contribution < -0.4 is 0 Å². The highest BCUT2D eigenvalue weighted by atomic mass is 16.2. The summed E-state index contributed by atoms with van der Waals surface area (Å²) < 4.78 is 0. The first-order valence-electron chi connectivity index (χ1n) is 3.53. The van der Waals surface area contributed by atoms with Crippen LogP contribution in [0.4, 0.5) is 0 Å². The Hall–Kier alpha value is -1.12. The van der Waals surface area contributed by atoms with E-state index in [4.69, 9.17) is 0 Å². The van der Waals surface area contributed by atoms with E-state index in [-0.39, 0.29) is 5.91 Å². The molecule has 0 heterocycles. The monoisotopic (exact) mass is 155 g/mol. The van der Waals surface area contributed by atoms with Crippen LogP contribution >= 0.6 is 0 Å². The predicted molar refractivity (Wildman–Crippen MR) is 43.1 cm³/mol. The van der Waals surface area contributed by atoms with Gasteiger partial charge in [-0.1, -0.05) is 6.58 Å². The van der Waals surface area contributed by atoms with Gasteiger partial charge in [-0.15, -0.1) is 0 Å². The number of likely N-dealkylation sites (N-methyl/N-ethyl adjacent to an activating group) is 1. The van der Waals surface area contributed by atoms with E-state index in [0.717, 1.165) is 12.7 Å². The van der Waals surface area contributed by atoms with Crippen molar-refractivity contribution in [1.29, 1.82) is 0 Å². The number of amides is 1. The summed E-state index contributed by atoms with van der Waals surface area (Å²) in [6, 6.07) is 0. The second-order valence-electron chi connectivity index (χ2n) is 2.27. The van der Waals surface area contributed by atoms with Gasteiger partial charge in [0, 0.05) is 20.0 Å². The maximum Gasteiger partial charge on any atom is 0.245 e. The Morgan fingerprint density at radius 3 is 2.73 bits per heavy atom. The van der Waals surface area contributed by atoms with Crippen molar-refractivity contribution in [2.24, 2.45) is 0 Å². The van der Waals surface area contributed by atoms with Gasteiger partial charge in [0.05, 0.1) is 0 Å². The maximum absolute atomic E-state index is 10.8. The van der Waals surface area contributed by atoms with Gasteiger partial charge >= 0.3 is 0 Å². The molecule has 0 rings (SSSR count). The minimum Gasteiger partial charge on any atom is -0.342 e. The average molecular weight is 155 g/mol. The zero-order valence-corrected chi connectivity index (χ0v) is 6.75. The van der Waals surface area contributed by atoms with Crippen molar-refractivity contribution in [3.05, 3.63) is 12.7 Å². The number of carbonyl (C=O) groups is 2. The summed E-state index contributed by atoms with van der Waals surface area (Å²) in [4.78, 5) is 22.3. The molecule has 0 aliphatic heterocycles. The second kappa shape index (κ2) is 5.65. The topological polar surface area (TPSA) is 37.4 Å². The highest BCUT2D eigenvalue weighted by Gasteiger charge is 2.01. The Morgan fingerprint density at radius 2 is 2.27 bits per heavy atom. The Labute approximate surface area is 66.7 Å². The Kier molecular flexibility index (Phi) is 5.07. The molecule has 0 aromatic heterocycles. The predicted octanol–water partition coefficient (Wildman–Crippen LogP) is 0.610. The fraction of sp³-hybridized carbons (Fsp3) is 0.500. The molecule has 0 aromatic rings. The summed E-state index contributed by atoms with van der Waals surface area (Å²) in [7, 11) is 1.69. The quantitative estimate of drug-likeness (QED) is 0.331. The summed E-state index contributed by atoms with van der Waals surface area (Å²) >= 11 is 0. The Balaban J connectivity index is 3.51. The lowest BCUT2D eigenvalue weighted by atomic mass is 10.3. The van der Waals surface area contributed by atoms with Gasteiger partial charge in [-0.2, -0.15) is 0 Å².